The summed E-state index contributed by atoms with van der Waals surface area (Å²) >= 11 is 7.41. The van der Waals surface area contributed by atoms with E-state index in [0.29, 0.717) is 17.1 Å². The highest BCUT2D eigenvalue weighted by molar-refractivity contribution is 7.99. The van der Waals surface area contributed by atoms with E-state index in [-0.39, 0.29) is 18.4 Å². The normalized spacial score (nSPS) is 16.3. The Hall–Kier alpha value is -2.51. The van der Waals surface area contributed by atoms with E-state index in [2.05, 4.69) is 10.6 Å². The molecule has 2 N–H and O–H groups in total. The second-order valence-electron chi connectivity index (χ2n) is 7.16. The number of carbonyl (C=O) groups is 3. The molecule has 0 aliphatic carbocycles. The molecule has 0 spiro atoms. The van der Waals surface area contributed by atoms with Crippen LogP contribution in [0.15, 0.2) is 58.3 Å². The van der Waals surface area contributed by atoms with Crippen LogP contribution < -0.4 is 10.6 Å². The summed E-state index contributed by atoms with van der Waals surface area (Å²) in [5.41, 5.74) is 0.614. The minimum absolute atomic E-state index is 0.259. The molecule has 1 heterocycles. The molecule has 152 valence electrons. The Kier molecular flexibility index (Phi) is 6.82. The van der Waals surface area contributed by atoms with Crippen molar-refractivity contribution in [3.63, 3.8) is 0 Å². The van der Waals surface area contributed by atoms with Crippen LogP contribution in [0.3, 0.4) is 0 Å². The van der Waals surface area contributed by atoms with Gasteiger partial charge < -0.3 is 10.6 Å². The molecular weight excluding hydrogens is 410 g/mol. The third-order valence-corrected chi connectivity index (χ3v) is 5.65. The number of hydrogen-bond donors (Lipinski definition) is 2. The number of urea groups is 1. The number of carbonyl (C=O) groups excluding carboxylic acids is 3. The van der Waals surface area contributed by atoms with Gasteiger partial charge in [-0.05, 0) is 48.7 Å². The maximum atomic E-state index is 12.5. The molecule has 1 aliphatic rings. The number of hydrogen-bond acceptors (Lipinski definition) is 4. The van der Waals surface area contributed by atoms with Crippen LogP contribution in [0.25, 0.3) is 0 Å². The Morgan fingerprint density at radius 2 is 1.86 bits per heavy atom. The standard InChI is InChI=1S/C21H22ClN3O3S/c1-13(2)11-17-20(27)25(21(28)24-17)12-19(26)23-16-5-3-4-6-18(16)29-15-9-7-14(22)8-10-15/h3-10,13,17H,11-12H2,1-2H3,(H,23,26)(H,24,28). The molecular formula is C21H22ClN3O3S. The molecule has 0 radical (unpaired) electrons. The highest BCUT2D eigenvalue weighted by atomic mass is 35.5. The molecule has 1 fully saturated rings. The molecule has 3 rings (SSSR count). The summed E-state index contributed by atoms with van der Waals surface area (Å²) in [6, 6.07) is 13.7. The van der Waals surface area contributed by atoms with Gasteiger partial charge in [-0.2, -0.15) is 0 Å². The third-order valence-electron chi connectivity index (χ3n) is 4.32. The van der Waals surface area contributed by atoms with E-state index < -0.39 is 18.0 Å². The van der Waals surface area contributed by atoms with E-state index in [1.165, 1.54) is 11.8 Å². The first kappa shape index (κ1) is 21.2. The number of nitrogens with zero attached hydrogens (tertiary/aromatic N) is 1. The van der Waals surface area contributed by atoms with E-state index in [1.807, 2.05) is 44.2 Å². The first-order valence-electron chi connectivity index (χ1n) is 9.27. The maximum Gasteiger partial charge on any atom is 0.325 e. The molecule has 1 aliphatic heterocycles. The molecule has 29 heavy (non-hydrogen) atoms. The van der Waals surface area contributed by atoms with E-state index in [4.69, 9.17) is 11.6 Å². The molecule has 1 saturated heterocycles. The maximum absolute atomic E-state index is 12.5. The summed E-state index contributed by atoms with van der Waals surface area (Å²) in [7, 11) is 0. The van der Waals surface area contributed by atoms with Gasteiger partial charge in [-0.1, -0.05) is 49.3 Å². The molecule has 0 bridgehead atoms. The number of para-hydroxylation sites is 1. The fourth-order valence-electron chi connectivity index (χ4n) is 2.98. The van der Waals surface area contributed by atoms with Crippen molar-refractivity contribution >= 4 is 46.9 Å². The molecule has 6 nitrogen and oxygen atoms in total. The van der Waals surface area contributed by atoms with Crippen molar-refractivity contribution in [2.75, 3.05) is 11.9 Å². The lowest BCUT2D eigenvalue weighted by Crippen LogP contribution is -2.38. The molecule has 4 amide bonds. The van der Waals surface area contributed by atoms with Gasteiger partial charge in [-0.25, -0.2) is 4.79 Å². The predicted molar refractivity (Wildman–Crippen MR) is 114 cm³/mol. The van der Waals surface area contributed by atoms with Gasteiger partial charge >= 0.3 is 6.03 Å². The van der Waals surface area contributed by atoms with Crippen LogP contribution in [-0.4, -0.2) is 35.3 Å². The van der Waals surface area contributed by atoms with Crippen molar-refractivity contribution in [1.29, 1.82) is 0 Å². The lowest BCUT2D eigenvalue weighted by molar-refractivity contribution is -0.131. The topological polar surface area (TPSA) is 78.5 Å². The van der Waals surface area contributed by atoms with Crippen LogP contribution in [0, 0.1) is 5.92 Å². The Balaban J connectivity index is 1.66. The number of halogens is 1. The Labute approximate surface area is 179 Å². The first-order chi connectivity index (χ1) is 13.8. The van der Waals surface area contributed by atoms with Gasteiger partial charge in [0.1, 0.15) is 12.6 Å². The Morgan fingerprint density at radius 3 is 2.55 bits per heavy atom. The highest BCUT2D eigenvalue weighted by Crippen LogP contribution is 2.33. The van der Waals surface area contributed by atoms with Crippen LogP contribution >= 0.6 is 23.4 Å². The lowest BCUT2D eigenvalue weighted by Gasteiger charge is -2.15. The van der Waals surface area contributed by atoms with Gasteiger partial charge in [0.25, 0.3) is 5.91 Å². The average molecular weight is 432 g/mol. The largest absolute Gasteiger partial charge is 0.326 e. The zero-order valence-electron chi connectivity index (χ0n) is 16.1. The van der Waals surface area contributed by atoms with Crippen LogP contribution in [-0.2, 0) is 9.59 Å². The van der Waals surface area contributed by atoms with Crippen LogP contribution in [0.5, 0.6) is 0 Å². The zero-order chi connectivity index (χ0) is 21.0. The number of anilines is 1. The van der Waals surface area contributed by atoms with Gasteiger partial charge in [0.2, 0.25) is 5.91 Å². The van der Waals surface area contributed by atoms with Gasteiger partial charge in [0.05, 0.1) is 5.69 Å². The fourth-order valence-corrected chi connectivity index (χ4v) is 4.01. The van der Waals surface area contributed by atoms with Crippen molar-refractivity contribution in [3.05, 3.63) is 53.6 Å². The first-order valence-corrected chi connectivity index (χ1v) is 10.5. The second-order valence-corrected chi connectivity index (χ2v) is 8.71. The van der Waals surface area contributed by atoms with Crippen LogP contribution in [0.4, 0.5) is 10.5 Å². The summed E-state index contributed by atoms with van der Waals surface area (Å²) < 4.78 is 0. The van der Waals surface area contributed by atoms with Crippen molar-refractivity contribution < 1.29 is 14.4 Å². The molecule has 1 atom stereocenters. The van der Waals surface area contributed by atoms with Crippen molar-refractivity contribution in [3.8, 4) is 0 Å². The molecule has 0 aromatic heterocycles. The van der Waals surface area contributed by atoms with Crippen molar-refractivity contribution in [2.24, 2.45) is 5.92 Å². The van der Waals surface area contributed by atoms with E-state index >= 15 is 0 Å². The minimum Gasteiger partial charge on any atom is -0.326 e. The van der Waals surface area contributed by atoms with E-state index in [1.54, 1.807) is 18.2 Å². The monoisotopic (exact) mass is 431 g/mol. The molecule has 2 aromatic rings. The van der Waals surface area contributed by atoms with Crippen molar-refractivity contribution in [1.82, 2.24) is 10.2 Å². The second kappa shape index (κ2) is 9.33. The fraction of sp³-hybridized carbons (Fsp3) is 0.286. The van der Waals surface area contributed by atoms with Gasteiger partial charge in [-0.15, -0.1) is 0 Å². The molecule has 1 unspecified atom stereocenters. The van der Waals surface area contributed by atoms with Gasteiger partial charge in [0.15, 0.2) is 0 Å². The quantitative estimate of drug-likeness (QED) is 0.637. The highest BCUT2D eigenvalue weighted by Gasteiger charge is 2.39. The van der Waals surface area contributed by atoms with Gasteiger partial charge in [-0.3, -0.25) is 14.5 Å². The number of amides is 4. The molecule has 8 heteroatoms. The van der Waals surface area contributed by atoms with E-state index in [0.717, 1.165) is 14.7 Å². The lowest BCUT2D eigenvalue weighted by atomic mass is 10.0. The third kappa shape index (κ3) is 5.52. The number of imide groups is 1. The number of nitrogens with one attached hydrogen (secondary N) is 2. The molecule has 2 aromatic carbocycles. The Bertz CT molecular complexity index is 918. The SMILES string of the molecule is CC(C)CC1NC(=O)N(CC(=O)Nc2ccccc2Sc2ccc(Cl)cc2)C1=O. The predicted octanol–water partition coefficient (Wildman–Crippen LogP) is 4.40. The average Bonchev–Trinajstić information content (AvgIpc) is 2.92. The summed E-state index contributed by atoms with van der Waals surface area (Å²) in [5, 5.41) is 6.10. The summed E-state index contributed by atoms with van der Waals surface area (Å²) in [6.07, 6.45) is 0.545. The van der Waals surface area contributed by atoms with Crippen molar-refractivity contribution in [2.45, 2.75) is 36.1 Å². The zero-order valence-corrected chi connectivity index (χ0v) is 17.7. The number of rotatable bonds is 7. The number of benzene rings is 2. The summed E-state index contributed by atoms with van der Waals surface area (Å²) in [4.78, 5) is 39.8. The molecule has 0 saturated carbocycles. The summed E-state index contributed by atoms with van der Waals surface area (Å²) in [5.74, 6) is -0.527. The van der Waals surface area contributed by atoms with E-state index in [9.17, 15) is 14.4 Å². The van der Waals surface area contributed by atoms with Gasteiger partial charge in [0, 0.05) is 14.8 Å². The summed E-state index contributed by atoms with van der Waals surface area (Å²) in [6.45, 7) is 3.63. The van der Waals surface area contributed by atoms with Crippen LogP contribution in [0.1, 0.15) is 20.3 Å². The Morgan fingerprint density at radius 1 is 1.17 bits per heavy atom. The smallest absolute Gasteiger partial charge is 0.325 e. The minimum atomic E-state index is -0.567. The van der Waals surface area contributed by atoms with Crippen LogP contribution in [0.2, 0.25) is 5.02 Å².